The van der Waals surface area contributed by atoms with Crippen LogP contribution in [-0.2, 0) is 10.0 Å². The number of hydrogen-bond donors (Lipinski definition) is 2. The number of carbonyl (C=O) groups excluding carboxylic acids is 1. The van der Waals surface area contributed by atoms with Gasteiger partial charge in [-0.1, -0.05) is 29.3 Å². The Balaban J connectivity index is 2.33. The maximum atomic E-state index is 12.2. The summed E-state index contributed by atoms with van der Waals surface area (Å²) in [6.07, 6.45) is 0. The van der Waals surface area contributed by atoms with E-state index >= 15 is 0 Å². The molecule has 8 heteroatoms. The highest BCUT2D eigenvalue weighted by Crippen LogP contribution is 2.22. The van der Waals surface area contributed by atoms with Crippen molar-refractivity contribution in [2.24, 2.45) is 0 Å². The standard InChI is InChI=1S/C15H14Cl2N2O3S/c1-9-3-4-13(8-14(9)23(21,22)18-2)19-15(20)10-5-11(16)7-12(17)6-10/h3-8,18H,1-2H3,(H,19,20). The van der Waals surface area contributed by atoms with Crippen LogP contribution in [0.2, 0.25) is 10.0 Å². The number of anilines is 1. The average molecular weight is 373 g/mol. The maximum Gasteiger partial charge on any atom is 0.255 e. The van der Waals surface area contributed by atoms with Crippen molar-refractivity contribution in [2.75, 3.05) is 12.4 Å². The fourth-order valence-electron chi connectivity index (χ4n) is 1.97. The Morgan fingerprint density at radius 1 is 1.04 bits per heavy atom. The summed E-state index contributed by atoms with van der Waals surface area (Å²) in [7, 11) is -2.28. The van der Waals surface area contributed by atoms with Crippen LogP contribution in [0.25, 0.3) is 0 Å². The number of rotatable bonds is 4. The van der Waals surface area contributed by atoms with Gasteiger partial charge in [0, 0.05) is 21.3 Å². The maximum absolute atomic E-state index is 12.2. The molecule has 5 nitrogen and oxygen atoms in total. The Labute approximate surface area is 144 Å². The summed E-state index contributed by atoms with van der Waals surface area (Å²) in [4.78, 5) is 12.3. The molecule has 0 aliphatic carbocycles. The Bertz CT molecular complexity index is 847. The first-order valence-electron chi connectivity index (χ1n) is 6.54. The van der Waals surface area contributed by atoms with Crippen LogP contribution >= 0.6 is 23.2 Å². The molecule has 0 aliphatic rings. The second-order valence-corrected chi connectivity index (χ2v) is 7.53. The summed E-state index contributed by atoms with van der Waals surface area (Å²) in [5.41, 5.74) is 1.20. The predicted octanol–water partition coefficient (Wildman–Crippen LogP) is 3.46. The highest BCUT2D eigenvalue weighted by Gasteiger charge is 2.16. The third-order valence-electron chi connectivity index (χ3n) is 3.13. The first-order valence-corrected chi connectivity index (χ1v) is 8.78. The van der Waals surface area contributed by atoms with Crippen molar-refractivity contribution in [3.63, 3.8) is 0 Å². The van der Waals surface area contributed by atoms with E-state index in [1.165, 1.54) is 31.3 Å². The third kappa shape index (κ3) is 4.23. The molecule has 0 atom stereocenters. The molecule has 0 fully saturated rings. The molecule has 2 N–H and O–H groups in total. The number of halogens is 2. The lowest BCUT2D eigenvalue weighted by molar-refractivity contribution is 0.102. The van der Waals surface area contributed by atoms with Crippen LogP contribution in [0.5, 0.6) is 0 Å². The molecule has 2 aromatic carbocycles. The lowest BCUT2D eigenvalue weighted by atomic mass is 10.2. The van der Waals surface area contributed by atoms with Gasteiger partial charge in [-0.3, -0.25) is 4.79 Å². The minimum atomic E-state index is -3.61. The van der Waals surface area contributed by atoms with Gasteiger partial charge in [0.1, 0.15) is 0 Å². The molecule has 0 unspecified atom stereocenters. The first kappa shape index (κ1) is 17.7. The van der Waals surface area contributed by atoms with E-state index in [0.29, 0.717) is 21.3 Å². The smallest absolute Gasteiger partial charge is 0.255 e. The number of hydrogen-bond acceptors (Lipinski definition) is 3. The molecule has 0 saturated heterocycles. The molecule has 23 heavy (non-hydrogen) atoms. The Morgan fingerprint density at radius 2 is 1.65 bits per heavy atom. The summed E-state index contributed by atoms with van der Waals surface area (Å²) >= 11 is 11.7. The molecule has 2 aromatic rings. The molecule has 0 aliphatic heterocycles. The highest BCUT2D eigenvalue weighted by atomic mass is 35.5. The molecule has 0 bridgehead atoms. The van der Waals surface area contributed by atoms with E-state index in [9.17, 15) is 13.2 Å². The minimum Gasteiger partial charge on any atom is -0.322 e. The van der Waals surface area contributed by atoms with Crippen molar-refractivity contribution in [3.8, 4) is 0 Å². The van der Waals surface area contributed by atoms with Crippen molar-refractivity contribution in [2.45, 2.75) is 11.8 Å². The van der Waals surface area contributed by atoms with Crippen LogP contribution in [0, 0.1) is 6.92 Å². The second kappa shape index (κ2) is 6.88. The van der Waals surface area contributed by atoms with Gasteiger partial charge in [0.2, 0.25) is 10.0 Å². The second-order valence-electron chi connectivity index (χ2n) is 4.80. The quantitative estimate of drug-likeness (QED) is 0.862. The number of aryl methyl sites for hydroxylation is 1. The number of carbonyl (C=O) groups is 1. The molecular formula is C15H14Cl2N2O3S. The van der Waals surface area contributed by atoms with Crippen LogP contribution in [0.1, 0.15) is 15.9 Å². The normalized spacial score (nSPS) is 11.3. The van der Waals surface area contributed by atoms with Gasteiger partial charge >= 0.3 is 0 Å². The average Bonchev–Trinajstić information content (AvgIpc) is 2.48. The molecule has 0 heterocycles. The Hall–Kier alpha value is -1.60. The largest absolute Gasteiger partial charge is 0.322 e. The van der Waals surface area contributed by atoms with E-state index < -0.39 is 15.9 Å². The summed E-state index contributed by atoms with van der Waals surface area (Å²) < 4.78 is 26.2. The fraction of sp³-hybridized carbons (Fsp3) is 0.133. The molecular weight excluding hydrogens is 359 g/mol. The van der Waals surface area contributed by atoms with E-state index in [1.54, 1.807) is 19.1 Å². The number of amides is 1. The van der Waals surface area contributed by atoms with Crippen LogP contribution in [0.4, 0.5) is 5.69 Å². The van der Waals surface area contributed by atoms with E-state index in [1.807, 2.05) is 0 Å². The molecule has 0 radical (unpaired) electrons. The van der Waals surface area contributed by atoms with Gasteiger partial charge in [0.15, 0.2) is 0 Å². The van der Waals surface area contributed by atoms with E-state index in [0.717, 1.165) is 0 Å². The highest BCUT2D eigenvalue weighted by molar-refractivity contribution is 7.89. The van der Waals surface area contributed by atoms with E-state index in [-0.39, 0.29) is 10.5 Å². The van der Waals surface area contributed by atoms with Crippen LogP contribution in [0.15, 0.2) is 41.3 Å². The van der Waals surface area contributed by atoms with E-state index in [4.69, 9.17) is 23.2 Å². The molecule has 122 valence electrons. The summed E-state index contributed by atoms with van der Waals surface area (Å²) in [6.45, 7) is 1.67. The molecule has 0 spiro atoms. The minimum absolute atomic E-state index is 0.0990. The zero-order chi connectivity index (χ0) is 17.2. The Kier molecular flexibility index (Phi) is 5.31. The molecule has 1 amide bonds. The van der Waals surface area contributed by atoms with Gasteiger partial charge in [-0.15, -0.1) is 0 Å². The van der Waals surface area contributed by atoms with Crippen molar-refractivity contribution >= 4 is 44.8 Å². The van der Waals surface area contributed by atoms with Gasteiger partial charge < -0.3 is 5.32 Å². The zero-order valence-electron chi connectivity index (χ0n) is 12.4. The van der Waals surface area contributed by atoms with Gasteiger partial charge in [0.05, 0.1) is 4.90 Å². The van der Waals surface area contributed by atoms with Crippen molar-refractivity contribution in [1.82, 2.24) is 4.72 Å². The van der Waals surface area contributed by atoms with Crippen LogP contribution in [0.3, 0.4) is 0 Å². The summed E-state index contributed by atoms with van der Waals surface area (Å²) in [5.74, 6) is -0.439. The monoisotopic (exact) mass is 372 g/mol. The zero-order valence-corrected chi connectivity index (χ0v) is 14.7. The van der Waals surface area contributed by atoms with Crippen molar-refractivity contribution in [1.29, 1.82) is 0 Å². The number of nitrogens with one attached hydrogen (secondary N) is 2. The van der Waals surface area contributed by atoms with Gasteiger partial charge in [-0.25, -0.2) is 13.1 Å². The summed E-state index contributed by atoms with van der Waals surface area (Å²) in [5, 5.41) is 3.30. The van der Waals surface area contributed by atoms with Crippen molar-refractivity contribution in [3.05, 3.63) is 57.6 Å². The van der Waals surface area contributed by atoms with Gasteiger partial charge in [-0.05, 0) is 49.9 Å². The SMILES string of the molecule is CNS(=O)(=O)c1cc(NC(=O)c2cc(Cl)cc(Cl)c2)ccc1C. The number of sulfonamides is 1. The lowest BCUT2D eigenvalue weighted by Gasteiger charge is -2.11. The Morgan fingerprint density at radius 3 is 2.22 bits per heavy atom. The number of benzene rings is 2. The molecule has 0 saturated carbocycles. The van der Waals surface area contributed by atoms with Crippen LogP contribution < -0.4 is 10.0 Å². The fourth-order valence-corrected chi connectivity index (χ4v) is 3.49. The third-order valence-corrected chi connectivity index (χ3v) is 5.12. The molecule has 2 rings (SSSR count). The topological polar surface area (TPSA) is 75.3 Å². The van der Waals surface area contributed by atoms with Crippen LogP contribution in [-0.4, -0.2) is 21.4 Å². The van der Waals surface area contributed by atoms with Gasteiger partial charge in [0.25, 0.3) is 5.91 Å². The lowest BCUT2D eigenvalue weighted by Crippen LogP contribution is -2.20. The van der Waals surface area contributed by atoms with E-state index in [2.05, 4.69) is 10.0 Å². The predicted molar refractivity (Wildman–Crippen MR) is 91.8 cm³/mol. The van der Waals surface area contributed by atoms with Crippen molar-refractivity contribution < 1.29 is 13.2 Å². The summed E-state index contributed by atoms with van der Waals surface area (Å²) in [6, 6.07) is 9.10. The molecule has 0 aromatic heterocycles. The van der Waals surface area contributed by atoms with Gasteiger partial charge in [-0.2, -0.15) is 0 Å². The first-order chi connectivity index (χ1) is 10.7.